The summed E-state index contributed by atoms with van der Waals surface area (Å²) in [6.45, 7) is 7.87. The number of aromatic nitrogens is 5. The summed E-state index contributed by atoms with van der Waals surface area (Å²) in [5.41, 5.74) is 4.77. The number of para-hydroxylation sites is 1. The molecule has 2 aliphatic heterocycles. The molecule has 12 heteroatoms. The summed E-state index contributed by atoms with van der Waals surface area (Å²) >= 11 is 12.8. The van der Waals surface area contributed by atoms with Gasteiger partial charge in [0, 0.05) is 44.5 Å². The number of carbonyl (C=O) groups excluding carboxylic acids is 1. The van der Waals surface area contributed by atoms with Crippen LogP contribution in [0.15, 0.2) is 61.2 Å². The third-order valence-corrected chi connectivity index (χ3v) is 10.1. The van der Waals surface area contributed by atoms with E-state index in [1.165, 1.54) is 12.7 Å². The van der Waals surface area contributed by atoms with Crippen molar-refractivity contribution in [3.8, 4) is 11.5 Å². The number of likely N-dealkylation sites (tertiary alicyclic amines) is 1. The van der Waals surface area contributed by atoms with Gasteiger partial charge in [0.25, 0.3) is 5.79 Å². The molecule has 2 fully saturated rings. The van der Waals surface area contributed by atoms with Crippen molar-refractivity contribution in [2.45, 2.75) is 45.2 Å². The van der Waals surface area contributed by atoms with Gasteiger partial charge in [-0.05, 0) is 55.0 Å². The molecule has 1 unspecified atom stereocenters. The molecule has 5 heterocycles. The molecule has 4 atom stereocenters. The zero-order valence-electron chi connectivity index (χ0n) is 25.6. The van der Waals surface area contributed by atoms with E-state index in [1.54, 1.807) is 18.3 Å². The molecule has 1 aliphatic carbocycles. The molecular weight excluding hydrogens is 627 g/mol. The van der Waals surface area contributed by atoms with Gasteiger partial charge in [0.15, 0.2) is 11.5 Å². The monoisotopic (exact) mass is 658 g/mol. The summed E-state index contributed by atoms with van der Waals surface area (Å²) in [7, 11) is 1.37. The number of ether oxygens (including phenoxy) is 3. The lowest BCUT2D eigenvalue weighted by Crippen LogP contribution is -2.32. The first kappa shape index (κ1) is 29.3. The van der Waals surface area contributed by atoms with Crippen LogP contribution in [0.1, 0.15) is 52.9 Å². The van der Waals surface area contributed by atoms with Gasteiger partial charge < -0.3 is 23.3 Å². The van der Waals surface area contributed by atoms with E-state index in [9.17, 15) is 4.79 Å². The number of aryl methyl sites for hydroxylation is 1. The molecule has 2 aromatic carbocycles. The smallest absolute Gasteiger partial charge is 0.337 e. The Morgan fingerprint density at radius 1 is 1.09 bits per heavy atom. The lowest BCUT2D eigenvalue weighted by Gasteiger charge is -2.23. The summed E-state index contributed by atoms with van der Waals surface area (Å²) in [6.07, 6.45) is 5.31. The average molecular weight is 660 g/mol. The lowest BCUT2D eigenvalue weighted by molar-refractivity contribution is -0.0721. The Morgan fingerprint density at radius 2 is 1.91 bits per heavy atom. The van der Waals surface area contributed by atoms with Crippen LogP contribution < -0.4 is 9.47 Å². The molecule has 1 saturated heterocycles. The standard InChI is InChI=1S/C34H32Cl2N6O4/c1-4-41-18-37-13-21(41)14-42-26-11-19(33(43)44-3)10-25(36)31(26)39-29(42)17-40-15-23-24(16-40)30(23)22-6-5-7-27-32(22)46-34(2,45-27)28-9-8-20(35)12-38-28/h5-13,18,23-24,30H,4,14-17H2,1-3H3/t23-,24+,30?,34-/m1/s1. The van der Waals surface area contributed by atoms with E-state index in [1.807, 2.05) is 43.7 Å². The highest BCUT2D eigenvalue weighted by molar-refractivity contribution is 6.35. The average Bonchev–Trinajstić information content (AvgIpc) is 3.54. The molecule has 0 spiro atoms. The molecule has 236 valence electrons. The molecule has 3 aliphatic rings. The van der Waals surface area contributed by atoms with E-state index in [0.29, 0.717) is 57.7 Å². The molecule has 1 saturated carbocycles. The van der Waals surface area contributed by atoms with Crippen LogP contribution in [-0.2, 0) is 30.2 Å². The van der Waals surface area contributed by atoms with Gasteiger partial charge in [-0.1, -0.05) is 35.3 Å². The van der Waals surface area contributed by atoms with Gasteiger partial charge in [0.05, 0.1) is 53.3 Å². The normalized spacial score (nSPS) is 23.2. The van der Waals surface area contributed by atoms with E-state index in [2.05, 4.69) is 37.0 Å². The minimum absolute atomic E-state index is 0.394. The second kappa shape index (κ2) is 11.0. The second-order valence-electron chi connectivity index (χ2n) is 12.3. The molecule has 5 aromatic rings. The van der Waals surface area contributed by atoms with E-state index >= 15 is 0 Å². The number of benzene rings is 2. The number of imidazole rings is 2. The lowest BCUT2D eigenvalue weighted by atomic mass is 10.0. The van der Waals surface area contributed by atoms with Gasteiger partial charge in [0.1, 0.15) is 17.0 Å². The fourth-order valence-corrected chi connectivity index (χ4v) is 7.62. The van der Waals surface area contributed by atoms with Crippen molar-refractivity contribution >= 4 is 40.2 Å². The maximum atomic E-state index is 12.4. The second-order valence-corrected chi connectivity index (χ2v) is 13.2. The maximum Gasteiger partial charge on any atom is 0.337 e. The highest BCUT2D eigenvalue weighted by Gasteiger charge is 2.58. The SMILES string of the molecule is CCn1cncc1Cn1c(CN2C[C@@H]3C(c4cccc5c4O[C@](C)(c4ccc(Cl)cn4)O5)[C@@H]3C2)nc2c(Cl)cc(C(=O)OC)cc21. The van der Waals surface area contributed by atoms with Gasteiger partial charge in [-0.15, -0.1) is 0 Å². The Labute approximate surface area is 275 Å². The molecular formula is C34H32Cl2N6O4. The number of carbonyl (C=O) groups is 1. The molecule has 3 aromatic heterocycles. The van der Waals surface area contributed by atoms with Crippen LogP contribution >= 0.6 is 23.2 Å². The van der Waals surface area contributed by atoms with Gasteiger partial charge in [-0.3, -0.25) is 9.88 Å². The van der Waals surface area contributed by atoms with Crippen molar-refractivity contribution in [2.24, 2.45) is 11.8 Å². The summed E-state index contributed by atoms with van der Waals surface area (Å²) in [5.74, 6) is 2.39. The number of piperidine rings is 1. The predicted octanol–water partition coefficient (Wildman–Crippen LogP) is 6.28. The van der Waals surface area contributed by atoms with Gasteiger partial charge in [-0.2, -0.15) is 0 Å². The number of pyridine rings is 1. The predicted molar refractivity (Wildman–Crippen MR) is 172 cm³/mol. The Balaban J connectivity index is 1.04. The Morgan fingerprint density at radius 3 is 2.65 bits per heavy atom. The van der Waals surface area contributed by atoms with Crippen LogP contribution in [0.4, 0.5) is 0 Å². The number of methoxy groups -OCH3 is 1. The van der Waals surface area contributed by atoms with Crippen molar-refractivity contribution in [1.29, 1.82) is 0 Å². The largest absolute Gasteiger partial charge is 0.465 e. The minimum atomic E-state index is -1.01. The first-order valence-corrected chi connectivity index (χ1v) is 16.1. The van der Waals surface area contributed by atoms with Crippen LogP contribution in [0.5, 0.6) is 11.5 Å². The number of rotatable bonds is 8. The molecule has 8 rings (SSSR count). The molecule has 0 N–H and O–H groups in total. The zero-order chi connectivity index (χ0) is 31.7. The molecule has 0 amide bonds. The van der Waals surface area contributed by atoms with Crippen molar-refractivity contribution in [2.75, 3.05) is 20.2 Å². The number of halogens is 2. The summed E-state index contributed by atoms with van der Waals surface area (Å²) in [5, 5.41) is 0.989. The molecule has 0 radical (unpaired) electrons. The summed E-state index contributed by atoms with van der Waals surface area (Å²) in [4.78, 5) is 28.7. The van der Waals surface area contributed by atoms with E-state index in [4.69, 9.17) is 42.4 Å². The first-order chi connectivity index (χ1) is 22.3. The first-order valence-electron chi connectivity index (χ1n) is 15.4. The number of hydrogen-bond acceptors (Lipinski definition) is 8. The van der Waals surface area contributed by atoms with Crippen molar-refractivity contribution in [3.05, 3.63) is 99.6 Å². The summed E-state index contributed by atoms with van der Waals surface area (Å²) in [6, 6.07) is 13.2. The molecule has 46 heavy (non-hydrogen) atoms. The summed E-state index contributed by atoms with van der Waals surface area (Å²) < 4.78 is 22.1. The van der Waals surface area contributed by atoms with Crippen LogP contribution in [0, 0.1) is 11.8 Å². The number of hydrogen-bond donors (Lipinski definition) is 0. The highest BCUT2D eigenvalue weighted by Crippen LogP contribution is 2.62. The Bertz CT molecular complexity index is 1980. The minimum Gasteiger partial charge on any atom is -0.465 e. The Kier molecular flexibility index (Phi) is 7.00. The third-order valence-electron chi connectivity index (χ3n) is 9.56. The number of fused-ring (bicyclic) bond motifs is 3. The van der Waals surface area contributed by atoms with E-state index < -0.39 is 11.8 Å². The third kappa shape index (κ3) is 4.82. The van der Waals surface area contributed by atoms with Crippen LogP contribution in [0.3, 0.4) is 0 Å². The van der Waals surface area contributed by atoms with Crippen molar-refractivity contribution in [1.82, 2.24) is 29.0 Å². The fourth-order valence-electron chi connectivity index (χ4n) is 7.25. The number of nitrogens with zero attached hydrogens (tertiary/aromatic N) is 6. The molecule has 0 bridgehead atoms. The van der Waals surface area contributed by atoms with Crippen molar-refractivity contribution in [3.63, 3.8) is 0 Å². The van der Waals surface area contributed by atoms with Crippen molar-refractivity contribution < 1.29 is 19.0 Å². The quantitative estimate of drug-likeness (QED) is 0.180. The topological polar surface area (TPSA) is 96.5 Å². The van der Waals surface area contributed by atoms with Gasteiger partial charge >= 0.3 is 5.97 Å². The van der Waals surface area contributed by atoms with E-state index in [-0.39, 0.29) is 0 Å². The Hall–Kier alpha value is -4.12. The highest BCUT2D eigenvalue weighted by atomic mass is 35.5. The van der Waals surface area contributed by atoms with Crippen LogP contribution in [0.2, 0.25) is 10.0 Å². The van der Waals surface area contributed by atoms with Gasteiger partial charge in [-0.25, -0.2) is 14.8 Å². The zero-order valence-corrected chi connectivity index (χ0v) is 27.1. The van der Waals surface area contributed by atoms with E-state index in [0.717, 1.165) is 48.2 Å². The number of esters is 1. The molecule has 10 nitrogen and oxygen atoms in total. The maximum absolute atomic E-state index is 12.4. The van der Waals surface area contributed by atoms with Gasteiger partial charge in [0.2, 0.25) is 0 Å². The van der Waals surface area contributed by atoms with Crippen LogP contribution in [-0.4, -0.2) is 55.2 Å². The van der Waals surface area contributed by atoms with Crippen LogP contribution in [0.25, 0.3) is 11.0 Å². The fraction of sp³-hybridized carbons (Fsp3) is 0.353.